The number of hydrogen-bond donors (Lipinski definition) is 1. The standard InChI is InChI=1S/C18H17ClN4O3S/c1-22(2)18(24)13-8-9-16(19)17(10-13)21-27(25,26)15-11-20-23(12-15)14-6-4-3-5-7-14/h3-12,21H,1-2H3. The average Bonchev–Trinajstić information content (AvgIpc) is 3.14. The Bertz CT molecular complexity index is 1080. The lowest BCUT2D eigenvalue weighted by molar-refractivity contribution is 0.0827. The number of hydrogen-bond acceptors (Lipinski definition) is 4. The van der Waals surface area contributed by atoms with E-state index in [2.05, 4.69) is 9.82 Å². The van der Waals surface area contributed by atoms with E-state index in [9.17, 15) is 13.2 Å². The van der Waals surface area contributed by atoms with E-state index in [1.165, 1.54) is 40.2 Å². The quantitative estimate of drug-likeness (QED) is 0.708. The molecule has 1 N–H and O–H groups in total. The Morgan fingerprint density at radius 2 is 1.85 bits per heavy atom. The lowest BCUT2D eigenvalue weighted by Gasteiger charge is -2.13. The average molecular weight is 405 g/mol. The van der Waals surface area contributed by atoms with Gasteiger partial charge in [-0.3, -0.25) is 9.52 Å². The van der Waals surface area contributed by atoms with Crippen molar-refractivity contribution in [2.75, 3.05) is 18.8 Å². The molecule has 7 nitrogen and oxygen atoms in total. The third-order valence-electron chi connectivity index (χ3n) is 3.75. The molecule has 140 valence electrons. The van der Waals surface area contributed by atoms with Gasteiger partial charge in [-0.15, -0.1) is 0 Å². The summed E-state index contributed by atoms with van der Waals surface area (Å²) in [6.45, 7) is 0. The monoisotopic (exact) mass is 404 g/mol. The van der Waals surface area contributed by atoms with Crippen molar-refractivity contribution in [3.8, 4) is 5.69 Å². The molecule has 1 amide bonds. The summed E-state index contributed by atoms with van der Waals surface area (Å²) in [5.41, 5.74) is 1.18. The SMILES string of the molecule is CN(C)C(=O)c1ccc(Cl)c(NS(=O)(=O)c2cnn(-c3ccccc3)c2)c1. The van der Waals surface area contributed by atoms with Crippen molar-refractivity contribution in [2.24, 2.45) is 0 Å². The first kappa shape index (κ1) is 18.9. The van der Waals surface area contributed by atoms with Crippen LogP contribution in [0.2, 0.25) is 5.02 Å². The molecule has 2 aromatic carbocycles. The number of carbonyl (C=O) groups excluding carboxylic acids is 1. The van der Waals surface area contributed by atoms with Crippen LogP contribution >= 0.6 is 11.6 Å². The van der Waals surface area contributed by atoms with Crippen LogP contribution in [0.5, 0.6) is 0 Å². The molecule has 0 aliphatic carbocycles. The maximum absolute atomic E-state index is 12.7. The van der Waals surface area contributed by atoms with Gasteiger partial charge in [0.05, 0.1) is 28.8 Å². The number of nitrogens with one attached hydrogen (secondary N) is 1. The Balaban J connectivity index is 1.90. The van der Waals surface area contributed by atoms with Crippen molar-refractivity contribution in [2.45, 2.75) is 4.90 Å². The summed E-state index contributed by atoms with van der Waals surface area (Å²) in [5.74, 6) is -0.260. The molecule has 3 rings (SSSR count). The molecular formula is C18H17ClN4O3S. The summed E-state index contributed by atoms with van der Waals surface area (Å²) < 4.78 is 29.3. The van der Waals surface area contributed by atoms with Gasteiger partial charge in [0.1, 0.15) is 4.90 Å². The Morgan fingerprint density at radius 1 is 1.15 bits per heavy atom. The first-order valence-electron chi connectivity index (χ1n) is 7.92. The Hall–Kier alpha value is -2.84. The molecule has 0 aliphatic heterocycles. The van der Waals surface area contributed by atoms with Crippen LogP contribution < -0.4 is 4.72 Å². The number of amides is 1. The zero-order valence-electron chi connectivity index (χ0n) is 14.6. The molecule has 9 heteroatoms. The molecule has 1 aromatic heterocycles. The van der Waals surface area contributed by atoms with Gasteiger partial charge >= 0.3 is 0 Å². The molecule has 0 atom stereocenters. The van der Waals surface area contributed by atoms with Gasteiger partial charge in [0.25, 0.3) is 15.9 Å². The summed E-state index contributed by atoms with van der Waals surface area (Å²) in [4.78, 5) is 13.5. The second-order valence-corrected chi connectivity index (χ2v) is 8.05. The first-order valence-corrected chi connectivity index (χ1v) is 9.78. The van der Waals surface area contributed by atoms with Gasteiger partial charge in [-0.25, -0.2) is 13.1 Å². The molecule has 0 spiro atoms. The van der Waals surface area contributed by atoms with E-state index in [0.717, 1.165) is 5.69 Å². The van der Waals surface area contributed by atoms with E-state index in [1.54, 1.807) is 14.1 Å². The maximum atomic E-state index is 12.7. The van der Waals surface area contributed by atoms with Crippen LogP contribution in [0, 0.1) is 0 Å². The Kier molecular flexibility index (Phi) is 5.20. The third kappa shape index (κ3) is 4.12. The van der Waals surface area contributed by atoms with Crippen molar-refractivity contribution < 1.29 is 13.2 Å². The zero-order valence-corrected chi connectivity index (χ0v) is 16.2. The number of nitrogens with zero attached hydrogens (tertiary/aromatic N) is 3. The number of para-hydroxylation sites is 1. The summed E-state index contributed by atoms with van der Waals surface area (Å²) in [7, 11) is -0.709. The fraction of sp³-hybridized carbons (Fsp3) is 0.111. The summed E-state index contributed by atoms with van der Waals surface area (Å²) in [5, 5.41) is 4.27. The predicted molar refractivity (Wildman–Crippen MR) is 104 cm³/mol. The molecule has 0 saturated carbocycles. The Morgan fingerprint density at radius 3 is 2.52 bits per heavy atom. The normalized spacial score (nSPS) is 11.2. The first-order chi connectivity index (χ1) is 12.8. The number of aromatic nitrogens is 2. The molecule has 0 bridgehead atoms. The molecule has 3 aromatic rings. The lowest BCUT2D eigenvalue weighted by Crippen LogP contribution is -2.22. The van der Waals surface area contributed by atoms with E-state index in [0.29, 0.717) is 5.56 Å². The van der Waals surface area contributed by atoms with Crippen LogP contribution in [0.3, 0.4) is 0 Å². The fourth-order valence-corrected chi connectivity index (χ4v) is 3.59. The molecule has 0 unspecified atom stereocenters. The molecule has 0 aliphatic rings. The molecule has 0 saturated heterocycles. The predicted octanol–water partition coefficient (Wildman–Crippen LogP) is 3.03. The summed E-state index contributed by atoms with van der Waals surface area (Å²) >= 11 is 6.10. The van der Waals surface area contributed by atoms with Crippen LogP contribution in [0.1, 0.15) is 10.4 Å². The fourth-order valence-electron chi connectivity index (χ4n) is 2.37. The van der Waals surface area contributed by atoms with Crippen molar-refractivity contribution in [1.82, 2.24) is 14.7 Å². The van der Waals surface area contributed by atoms with E-state index in [1.807, 2.05) is 30.3 Å². The zero-order chi connectivity index (χ0) is 19.6. The van der Waals surface area contributed by atoms with Crippen LogP contribution in [-0.2, 0) is 10.0 Å². The molecule has 0 fully saturated rings. The van der Waals surface area contributed by atoms with Gasteiger partial charge < -0.3 is 4.90 Å². The minimum atomic E-state index is -3.93. The maximum Gasteiger partial charge on any atom is 0.265 e. The number of sulfonamides is 1. The van der Waals surface area contributed by atoms with E-state index < -0.39 is 10.0 Å². The highest BCUT2D eigenvalue weighted by Gasteiger charge is 2.20. The highest BCUT2D eigenvalue weighted by Crippen LogP contribution is 2.26. The Labute approximate surface area is 162 Å². The third-order valence-corrected chi connectivity index (χ3v) is 5.40. The minimum Gasteiger partial charge on any atom is -0.345 e. The summed E-state index contributed by atoms with van der Waals surface area (Å²) in [6.07, 6.45) is 2.65. The van der Waals surface area contributed by atoms with Crippen LogP contribution in [0.15, 0.2) is 65.8 Å². The van der Waals surface area contributed by atoms with Gasteiger partial charge in [0, 0.05) is 19.7 Å². The van der Waals surface area contributed by atoms with E-state index in [-0.39, 0.29) is 21.5 Å². The lowest BCUT2D eigenvalue weighted by atomic mass is 10.2. The smallest absolute Gasteiger partial charge is 0.265 e. The largest absolute Gasteiger partial charge is 0.345 e. The number of rotatable bonds is 5. The number of carbonyl (C=O) groups is 1. The molecule has 0 radical (unpaired) electrons. The van der Waals surface area contributed by atoms with Crippen molar-refractivity contribution in [1.29, 1.82) is 0 Å². The number of benzene rings is 2. The van der Waals surface area contributed by atoms with E-state index >= 15 is 0 Å². The van der Waals surface area contributed by atoms with Gasteiger partial charge in [-0.1, -0.05) is 29.8 Å². The number of halogens is 1. The van der Waals surface area contributed by atoms with Crippen LogP contribution in [0.25, 0.3) is 5.69 Å². The molecule has 1 heterocycles. The van der Waals surface area contributed by atoms with Gasteiger partial charge in [-0.2, -0.15) is 5.10 Å². The van der Waals surface area contributed by atoms with Crippen molar-refractivity contribution in [3.63, 3.8) is 0 Å². The van der Waals surface area contributed by atoms with Crippen LogP contribution in [0.4, 0.5) is 5.69 Å². The highest BCUT2D eigenvalue weighted by atomic mass is 35.5. The minimum absolute atomic E-state index is 0.0215. The summed E-state index contributed by atoms with van der Waals surface area (Å²) in [6, 6.07) is 13.6. The second-order valence-electron chi connectivity index (χ2n) is 5.96. The van der Waals surface area contributed by atoms with E-state index in [4.69, 9.17) is 11.6 Å². The second kappa shape index (κ2) is 7.42. The highest BCUT2D eigenvalue weighted by molar-refractivity contribution is 7.92. The van der Waals surface area contributed by atoms with Crippen molar-refractivity contribution >= 4 is 33.2 Å². The van der Waals surface area contributed by atoms with Crippen LogP contribution in [-0.4, -0.2) is 43.1 Å². The van der Waals surface area contributed by atoms with Gasteiger partial charge in [-0.05, 0) is 30.3 Å². The molecule has 27 heavy (non-hydrogen) atoms. The molecular weight excluding hydrogens is 388 g/mol. The van der Waals surface area contributed by atoms with Gasteiger partial charge in [0.15, 0.2) is 0 Å². The van der Waals surface area contributed by atoms with Crippen molar-refractivity contribution in [3.05, 3.63) is 71.5 Å². The number of anilines is 1. The topological polar surface area (TPSA) is 84.3 Å². The van der Waals surface area contributed by atoms with Gasteiger partial charge in [0.2, 0.25) is 0 Å².